The van der Waals surface area contributed by atoms with Crippen LogP contribution in [-0.2, 0) is 4.79 Å². The van der Waals surface area contributed by atoms with Crippen molar-refractivity contribution < 1.29 is 9.59 Å². The van der Waals surface area contributed by atoms with E-state index in [9.17, 15) is 9.59 Å². The van der Waals surface area contributed by atoms with E-state index in [-0.39, 0.29) is 23.6 Å². The zero-order valence-electron chi connectivity index (χ0n) is 10.7. The van der Waals surface area contributed by atoms with E-state index in [1.54, 1.807) is 17.0 Å². The Morgan fingerprint density at radius 2 is 1.85 bits per heavy atom. The highest BCUT2D eigenvalue weighted by molar-refractivity contribution is 8.13. The number of amides is 1. The van der Waals surface area contributed by atoms with Gasteiger partial charge in [-0.2, -0.15) is 0 Å². The van der Waals surface area contributed by atoms with Crippen LogP contribution in [0.4, 0.5) is 0 Å². The first-order valence-electron chi connectivity index (χ1n) is 6.57. The van der Waals surface area contributed by atoms with Gasteiger partial charge in [0.15, 0.2) is 0 Å². The highest BCUT2D eigenvalue weighted by Crippen LogP contribution is 2.38. The monoisotopic (exact) mass is 329 g/mol. The van der Waals surface area contributed by atoms with E-state index in [2.05, 4.69) is 0 Å². The van der Waals surface area contributed by atoms with Gasteiger partial charge in [-0.05, 0) is 36.7 Å². The molecule has 1 aromatic carbocycles. The van der Waals surface area contributed by atoms with Crippen LogP contribution in [0.5, 0.6) is 0 Å². The van der Waals surface area contributed by atoms with Gasteiger partial charge in [-0.15, -0.1) is 0 Å². The lowest BCUT2D eigenvalue weighted by Crippen LogP contribution is -2.40. The van der Waals surface area contributed by atoms with Crippen LogP contribution < -0.4 is 0 Å². The summed E-state index contributed by atoms with van der Waals surface area (Å²) in [6.07, 6.45) is 4.15. The van der Waals surface area contributed by atoms with Gasteiger partial charge in [-0.3, -0.25) is 9.59 Å². The van der Waals surface area contributed by atoms with Gasteiger partial charge in [-0.25, -0.2) is 0 Å². The smallest absolute Gasteiger partial charge is 0.255 e. The topological polar surface area (TPSA) is 37.4 Å². The maximum absolute atomic E-state index is 12.7. The third-order valence-electron chi connectivity index (χ3n) is 3.78. The SMILES string of the molecule is O=C1CN(C2CCCC2)C(=O)c2cc(Cl)cc(Cl)c2S1. The van der Waals surface area contributed by atoms with Crippen molar-refractivity contribution in [2.75, 3.05) is 6.54 Å². The van der Waals surface area contributed by atoms with Gasteiger partial charge in [0.2, 0.25) is 5.12 Å². The minimum atomic E-state index is -0.130. The van der Waals surface area contributed by atoms with Crippen LogP contribution in [0.1, 0.15) is 36.0 Å². The molecule has 0 spiro atoms. The summed E-state index contributed by atoms with van der Waals surface area (Å²) >= 11 is 13.2. The summed E-state index contributed by atoms with van der Waals surface area (Å²) in [6, 6.07) is 3.34. The standard InChI is InChI=1S/C14H13Cl2NO2S/c15-8-5-10-13(11(16)6-8)20-12(18)7-17(14(10)19)9-3-1-2-4-9/h5-6,9H,1-4,7H2. The molecule has 3 rings (SSSR count). The average Bonchev–Trinajstić information content (AvgIpc) is 2.88. The molecule has 2 aliphatic rings. The molecular weight excluding hydrogens is 317 g/mol. The third kappa shape index (κ3) is 2.57. The Kier molecular flexibility index (Phi) is 3.98. The summed E-state index contributed by atoms with van der Waals surface area (Å²) in [4.78, 5) is 27.0. The molecule has 0 saturated heterocycles. The summed E-state index contributed by atoms with van der Waals surface area (Å²) in [5.74, 6) is -0.130. The summed E-state index contributed by atoms with van der Waals surface area (Å²) in [7, 11) is 0. The molecule has 0 unspecified atom stereocenters. The summed E-state index contributed by atoms with van der Waals surface area (Å²) in [5.41, 5.74) is 0.449. The lowest BCUT2D eigenvalue weighted by molar-refractivity contribution is -0.111. The molecule has 1 aliphatic heterocycles. The van der Waals surface area contributed by atoms with Crippen LogP contribution >= 0.6 is 35.0 Å². The van der Waals surface area contributed by atoms with Crippen LogP contribution in [0.25, 0.3) is 0 Å². The first kappa shape index (κ1) is 14.2. The minimum absolute atomic E-state index is 0.0479. The van der Waals surface area contributed by atoms with E-state index in [1.807, 2.05) is 0 Å². The van der Waals surface area contributed by atoms with Gasteiger partial charge in [-0.1, -0.05) is 36.0 Å². The molecule has 1 fully saturated rings. The number of halogens is 2. The van der Waals surface area contributed by atoms with E-state index >= 15 is 0 Å². The van der Waals surface area contributed by atoms with Crippen molar-refractivity contribution in [1.82, 2.24) is 4.90 Å². The largest absolute Gasteiger partial charge is 0.327 e. The zero-order chi connectivity index (χ0) is 14.3. The number of carbonyl (C=O) groups is 2. The molecule has 0 atom stereocenters. The molecule has 20 heavy (non-hydrogen) atoms. The van der Waals surface area contributed by atoms with Crippen molar-refractivity contribution in [2.24, 2.45) is 0 Å². The molecule has 1 amide bonds. The summed E-state index contributed by atoms with van der Waals surface area (Å²) < 4.78 is 0. The highest BCUT2D eigenvalue weighted by atomic mass is 35.5. The van der Waals surface area contributed by atoms with Crippen molar-refractivity contribution in [3.05, 3.63) is 27.7 Å². The van der Waals surface area contributed by atoms with Crippen molar-refractivity contribution in [3.63, 3.8) is 0 Å². The second kappa shape index (κ2) is 5.58. The van der Waals surface area contributed by atoms with Gasteiger partial charge >= 0.3 is 0 Å². The molecule has 3 nitrogen and oxygen atoms in total. The van der Waals surface area contributed by atoms with Gasteiger partial charge in [0.25, 0.3) is 5.91 Å². The van der Waals surface area contributed by atoms with E-state index in [0.717, 1.165) is 37.4 Å². The molecule has 1 saturated carbocycles. The first-order valence-corrected chi connectivity index (χ1v) is 8.14. The van der Waals surface area contributed by atoms with E-state index in [1.165, 1.54) is 0 Å². The predicted molar refractivity (Wildman–Crippen MR) is 80.6 cm³/mol. The number of hydrogen-bond acceptors (Lipinski definition) is 3. The number of hydrogen-bond donors (Lipinski definition) is 0. The first-order chi connectivity index (χ1) is 9.56. The lowest BCUT2D eigenvalue weighted by atomic mass is 10.1. The second-order valence-corrected chi connectivity index (χ2v) is 7.02. The number of fused-ring (bicyclic) bond motifs is 1. The molecule has 1 aromatic rings. The van der Waals surface area contributed by atoms with Crippen molar-refractivity contribution >= 4 is 46.0 Å². The minimum Gasteiger partial charge on any atom is -0.327 e. The van der Waals surface area contributed by atoms with Crippen LogP contribution in [0, 0.1) is 0 Å². The van der Waals surface area contributed by atoms with Crippen molar-refractivity contribution in [1.29, 1.82) is 0 Å². The molecule has 0 radical (unpaired) electrons. The van der Waals surface area contributed by atoms with Crippen LogP contribution in [0.3, 0.4) is 0 Å². The van der Waals surface area contributed by atoms with E-state index in [4.69, 9.17) is 23.2 Å². The Morgan fingerprint density at radius 1 is 1.15 bits per heavy atom. The highest BCUT2D eigenvalue weighted by Gasteiger charge is 2.34. The van der Waals surface area contributed by atoms with Gasteiger partial charge in [0, 0.05) is 16.0 Å². The summed E-state index contributed by atoms with van der Waals surface area (Å²) in [6.45, 7) is 0.150. The summed E-state index contributed by atoms with van der Waals surface area (Å²) in [5, 5.41) is 0.740. The Hall–Kier alpha value is -0.710. The van der Waals surface area contributed by atoms with Gasteiger partial charge < -0.3 is 4.90 Å². The lowest BCUT2D eigenvalue weighted by Gasteiger charge is -2.26. The molecular formula is C14H13Cl2NO2S. The van der Waals surface area contributed by atoms with Crippen LogP contribution in [0.2, 0.25) is 10.0 Å². The Balaban J connectivity index is 2.05. The number of benzene rings is 1. The van der Waals surface area contributed by atoms with E-state index < -0.39 is 0 Å². The third-order valence-corrected chi connectivity index (χ3v) is 5.41. The molecule has 0 aromatic heterocycles. The molecule has 1 heterocycles. The van der Waals surface area contributed by atoms with Gasteiger partial charge in [0.05, 0.1) is 17.1 Å². The van der Waals surface area contributed by atoms with Gasteiger partial charge in [0.1, 0.15) is 0 Å². The number of carbonyl (C=O) groups excluding carboxylic acids is 2. The maximum atomic E-state index is 12.7. The number of rotatable bonds is 1. The molecule has 1 aliphatic carbocycles. The number of nitrogens with zero attached hydrogens (tertiary/aromatic N) is 1. The Labute approximate surface area is 131 Å². The quantitative estimate of drug-likeness (QED) is 0.781. The predicted octanol–water partition coefficient (Wildman–Crippen LogP) is 4.01. The fraction of sp³-hybridized carbons (Fsp3) is 0.429. The molecule has 0 bridgehead atoms. The van der Waals surface area contributed by atoms with E-state index in [0.29, 0.717) is 20.5 Å². The normalized spacial score (nSPS) is 20.2. The van der Waals surface area contributed by atoms with Crippen molar-refractivity contribution in [3.8, 4) is 0 Å². The zero-order valence-corrected chi connectivity index (χ0v) is 13.0. The fourth-order valence-electron chi connectivity index (χ4n) is 2.85. The maximum Gasteiger partial charge on any atom is 0.255 e. The Bertz CT molecular complexity index is 585. The van der Waals surface area contributed by atoms with Crippen LogP contribution in [-0.4, -0.2) is 28.5 Å². The fourth-order valence-corrected chi connectivity index (χ4v) is 4.30. The molecule has 106 valence electrons. The second-order valence-electron chi connectivity index (χ2n) is 5.11. The molecule has 6 heteroatoms. The Morgan fingerprint density at radius 3 is 2.55 bits per heavy atom. The molecule has 0 N–H and O–H groups in total. The number of thioether (sulfide) groups is 1. The van der Waals surface area contributed by atoms with Crippen molar-refractivity contribution in [2.45, 2.75) is 36.6 Å². The van der Waals surface area contributed by atoms with Crippen LogP contribution in [0.15, 0.2) is 17.0 Å². The average molecular weight is 330 g/mol.